The van der Waals surface area contributed by atoms with Crippen LogP contribution in [0.2, 0.25) is 0 Å². The van der Waals surface area contributed by atoms with E-state index in [1.165, 1.54) is 0 Å². The Labute approximate surface area is 94.6 Å². The fourth-order valence-electron chi connectivity index (χ4n) is 2.05. The van der Waals surface area contributed by atoms with Gasteiger partial charge in [-0.1, -0.05) is 6.08 Å². The third-order valence-electron chi connectivity index (χ3n) is 2.81. The van der Waals surface area contributed by atoms with Crippen molar-refractivity contribution in [1.82, 2.24) is 4.90 Å². The van der Waals surface area contributed by atoms with E-state index in [1.54, 1.807) is 11.8 Å². The van der Waals surface area contributed by atoms with Crippen molar-refractivity contribution in [3.8, 4) is 0 Å². The highest BCUT2D eigenvalue weighted by molar-refractivity contribution is 5.94. The molecule has 0 saturated carbocycles. The van der Waals surface area contributed by atoms with Gasteiger partial charge in [-0.3, -0.25) is 4.79 Å². The van der Waals surface area contributed by atoms with Gasteiger partial charge in [-0.2, -0.15) is 0 Å². The molecule has 86 valence electrons. The standard InChI is InChI=1S/C12H15NO3/c1-2-16-12(15)9-6-7-11(14)13-8-4-3-5-10(9)13/h3,5H,2,4,6-8H2,1H3. The molecule has 0 aromatic heterocycles. The highest BCUT2D eigenvalue weighted by Crippen LogP contribution is 2.27. The van der Waals surface area contributed by atoms with Gasteiger partial charge in [-0.15, -0.1) is 0 Å². The monoisotopic (exact) mass is 221 g/mol. The van der Waals surface area contributed by atoms with Crippen molar-refractivity contribution in [3.05, 3.63) is 23.4 Å². The Morgan fingerprint density at radius 3 is 3.06 bits per heavy atom. The molecule has 0 unspecified atom stereocenters. The van der Waals surface area contributed by atoms with Crippen LogP contribution < -0.4 is 0 Å². The number of amides is 1. The van der Waals surface area contributed by atoms with Crippen LogP contribution in [-0.2, 0) is 14.3 Å². The third-order valence-corrected chi connectivity index (χ3v) is 2.81. The first kappa shape index (κ1) is 10.9. The number of rotatable bonds is 2. The fraction of sp³-hybridized carbons (Fsp3) is 0.500. The van der Waals surface area contributed by atoms with Crippen LogP contribution in [0.15, 0.2) is 23.4 Å². The lowest BCUT2D eigenvalue weighted by Crippen LogP contribution is -2.37. The summed E-state index contributed by atoms with van der Waals surface area (Å²) in [5.74, 6) is -0.186. The highest BCUT2D eigenvalue weighted by Gasteiger charge is 2.30. The Balaban J connectivity index is 2.33. The second-order valence-electron chi connectivity index (χ2n) is 3.82. The Morgan fingerprint density at radius 2 is 2.31 bits per heavy atom. The van der Waals surface area contributed by atoms with Crippen LogP contribution in [0.1, 0.15) is 26.2 Å². The summed E-state index contributed by atoms with van der Waals surface area (Å²) in [4.78, 5) is 25.1. The summed E-state index contributed by atoms with van der Waals surface area (Å²) in [5.41, 5.74) is 1.37. The number of nitrogens with zero attached hydrogens (tertiary/aromatic N) is 1. The highest BCUT2D eigenvalue weighted by atomic mass is 16.5. The molecular weight excluding hydrogens is 206 g/mol. The number of ether oxygens (including phenoxy) is 1. The van der Waals surface area contributed by atoms with Gasteiger partial charge >= 0.3 is 5.97 Å². The van der Waals surface area contributed by atoms with Gasteiger partial charge in [0.2, 0.25) is 5.91 Å². The van der Waals surface area contributed by atoms with Gasteiger partial charge in [-0.25, -0.2) is 4.79 Å². The molecule has 0 atom stereocenters. The van der Waals surface area contributed by atoms with Gasteiger partial charge in [0.1, 0.15) is 0 Å². The van der Waals surface area contributed by atoms with Crippen molar-refractivity contribution in [3.63, 3.8) is 0 Å². The molecule has 0 radical (unpaired) electrons. The summed E-state index contributed by atoms with van der Waals surface area (Å²) in [5, 5.41) is 0. The molecule has 0 bridgehead atoms. The molecule has 2 aliphatic heterocycles. The van der Waals surface area contributed by atoms with Crippen molar-refractivity contribution >= 4 is 11.9 Å². The average Bonchev–Trinajstić information content (AvgIpc) is 2.30. The summed E-state index contributed by atoms with van der Waals surface area (Å²) in [6.45, 7) is 2.83. The second-order valence-corrected chi connectivity index (χ2v) is 3.82. The smallest absolute Gasteiger partial charge is 0.336 e. The van der Waals surface area contributed by atoms with E-state index < -0.39 is 0 Å². The van der Waals surface area contributed by atoms with E-state index in [9.17, 15) is 9.59 Å². The largest absolute Gasteiger partial charge is 0.463 e. The molecule has 2 aliphatic rings. The van der Waals surface area contributed by atoms with Gasteiger partial charge in [-0.05, 0) is 25.8 Å². The zero-order chi connectivity index (χ0) is 11.5. The molecule has 2 rings (SSSR count). The molecule has 4 nitrogen and oxygen atoms in total. The fourth-order valence-corrected chi connectivity index (χ4v) is 2.05. The third kappa shape index (κ3) is 1.87. The Hall–Kier alpha value is -1.58. The Bertz CT molecular complexity index is 382. The van der Waals surface area contributed by atoms with Crippen LogP contribution in [0.3, 0.4) is 0 Å². The van der Waals surface area contributed by atoms with Crippen molar-refractivity contribution in [2.45, 2.75) is 26.2 Å². The maximum Gasteiger partial charge on any atom is 0.336 e. The van der Waals surface area contributed by atoms with E-state index in [0.717, 1.165) is 12.1 Å². The number of allylic oxidation sites excluding steroid dienone is 1. The Morgan fingerprint density at radius 1 is 1.50 bits per heavy atom. The normalized spacial score (nSPS) is 19.8. The van der Waals surface area contributed by atoms with E-state index in [1.807, 2.05) is 12.2 Å². The van der Waals surface area contributed by atoms with Gasteiger partial charge in [0.15, 0.2) is 0 Å². The quantitative estimate of drug-likeness (QED) is 0.662. The molecule has 0 saturated heterocycles. The van der Waals surface area contributed by atoms with Crippen molar-refractivity contribution < 1.29 is 14.3 Å². The first-order chi connectivity index (χ1) is 7.74. The van der Waals surface area contributed by atoms with Gasteiger partial charge in [0.25, 0.3) is 0 Å². The molecule has 1 amide bonds. The predicted molar refractivity (Wildman–Crippen MR) is 58.4 cm³/mol. The van der Waals surface area contributed by atoms with Crippen LogP contribution in [0.25, 0.3) is 0 Å². The molecule has 0 aromatic rings. The number of carbonyl (C=O) groups is 2. The molecule has 16 heavy (non-hydrogen) atoms. The van der Waals surface area contributed by atoms with Gasteiger partial charge < -0.3 is 9.64 Å². The van der Waals surface area contributed by atoms with Crippen LogP contribution in [0.4, 0.5) is 0 Å². The molecule has 0 aromatic carbocycles. The molecular formula is C12H15NO3. The summed E-state index contributed by atoms with van der Waals surface area (Å²) in [6, 6.07) is 0. The number of hydrogen-bond acceptors (Lipinski definition) is 3. The molecule has 4 heteroatoms. The lowest BCUT2D eigenvalue weighted by atomic mass is 9.98. The minimum atomic E-state index is -0.290. The maximum atomic E-state index is 11.7. The summed E-state index contributed by atoms with van der Waals surface area (Å²) in [6.07, 6.45) is 5.60. The molecule has 0 fully saturated rings. The van der Waals surface area contributed by atoms with Crippen molar-refractivity contribution in [2.75, 3.05) is 13.2 Å². The topological polar surface area (TPSA) is 46.6 Å². The number of carbonyl (C=O) groups excluding carboxylic acids is 2. The second kappa shape index (κ2) is 4.51. The molecule has 2 heterocycles. The van der Waals surface area contributed by atoms with Crippen LogP contribution in [-0.4, -0.2) is 29.9 Å². The lowest BCUT2D eigenvalue weighted by molar-refractivity contribution is -0.139. The SMILES string of the molecule is CCOC(=O)C1=C2C=CCCN2C(=O)CC1. The van der Waals surface area contributed by atoms with E-state index in [4.69, 9.17) is 4.74 Å². The number of fused-ring (bicyclic) bond motifs is 1. The minimum absolute atomic E-state index is 0.104. The molecule has 0 N–H and O–H groups in total. The minimum Gasteiger partial charge on any atom is -0.463 e. The van der Waals surface area contributed by atoms with Crippen molar-refractivity contribution in [1.29, 1.82) is 0 Å². The van der Waals surface area contributed by atoms with E-state index >= 15 is 0 Å². The van der Waals surface area contributed by atoms with Gasteiger partial charge in [0.05, 0.1) is 17.9 Å². The first-order valence-corrected chi connectivity index (χ1v) is 5.61. The molecule has 0 spiro atoms. The molecule has 0 aliphatic carbocycles. The van der Waals surface area contributed by atoms with Crippen molar-refractivity contribution in [2.24, 2.45) is 0 Å². The van der Waals surface area contributed by atoms with Crippen LogP contribution in [0.5, 0.6) is 0 Å². The first-order valence-electron chi connectivity index (χ1n) is 5.61. The van der Waals surface area contributed by atoms with Gasteiger partial charge in [0, 0.05) is 13.0 Å². The van der Waals surface area contributed by atoms with E-state index in [2.05, 4.69) is 0 Å². The van der Waals surface area contributed by atoms with E-state index in [0.29, 0.717) is 31.6 Å². The Kier molecular flexibility index (Phi) is 3.08. The summed E-state index contributed by atoms with van der Waals surface area (Å²) >= 11 is 0. The summed E-state index contributed by atoms with van der Waals surface area (Å²) in [7, 11) is 0. The van der Waals surface area contributed by atoms with Crippen LogP contribution in [0, 0.1) is 0 Å². The maximum absolute atomic E-state index is 11.7. The zero-order valence-electron chi connectivity index (χ0n) is 9.36. The summed E-state index contributed by atoms with van der Waals surface area (Å²) < 4.78 is 5.00. The lowest BCUT2D eigenvalue weighted by Gasteiger charge is -2.31. The number of esters is 1. The van der Waals surface area contributed by atoms with E-state index in [-0.39, 0.29) is 11.9 Å². The number of hydrogen-bond donors (Lipinski definition) is 0. The average molecular weight is 221 g/mol. The van der Waals surface area contributed by atoms with Crippen LogP contribution >= 0.6 is 0 Å². The predicted octanol–water partition coefficient (Wildman–Crippen LogP) is 1.39. The zero-order valence-corrected chi connectivity index (χ0v) is 9.36.